The van der Waals surface area contributed by atoms with Crippen LogP contribution in [0, 0.1) is 0 Å². The zero-order chi connectivity index (χ0) is 35.4. The Bertz CT molecular complexity index is 756. The van der Waals surface area contributed by atoms with Crippen LogP contribution >= 0.6 is 7.82 Å². The van der Waals surface area contributed by atoms with Gasteiger partial charge < -0.3 is 19.3 Å². The molecule has 9 heteroatoms. The minimum atomic E-state index is -4.71. The average molecular weight is 705 g/mol. The van der Waals surface area contributed by atoms with Gasteiger partial charge in [-0.05, 0) is 12.8 Å². The summed E-state index contributed by atoms with van der Waals surface area (Å²) in [6, 6.07) is 0. The molecular weight excluding hydrogens is 627 g/mol. The molecule has 286 valence electrons. The lowest BCUT2D eigenvalue weighted by atomic mass is 10.0. The molecule has 0 aliphatic rings. The number of hydrogen-bond acceptors (Lipinski definition) is 6. The van der Waals surface area contributed by atoms with Gasteiger partial charge in [-0.1, -0.05) is 194 Å². The third kappa shape index (κ3) is 37.9. The number of rotatable bonds is 38. The van der Waals surface area contributed by atoms with Crippen molar-refractivity contribution in [2.45, 2.75) is 225 Å². The number of unbranched alkanes of at least 4 members (excludes halogenated alkanes) is 28. The van der Waals surface area contributed by atoms with Crippen molar-refractivity contribution in [1.82, 2.24) is 0 Å². The lowest BCUT2D eigenvalue weighted by Gasteiger charge is -2.18. The SMILES string of the molecule is CCCCCCCCCCCCCCCCCCCCCCCCCCCCCCCC(=O)OC[C@H](COP(=O)(O)O)OC(=O)CCC. The predicted molar refractivity (Wildman–Crippen MR) is 198 cm³/mol. The minimum absolute atomic E-state index is 0.167. The number of carbonyl (C=O) groups is 2. The molecule has 0 saturated heterocycles. The Balaban J connectivity index is 3.41. The lowest BCUT2D eigenvalue weighted by molar-refractivity contribution is -0.161. The summed E-state index contributed by atoms with van der Waals surface area (Å²) < 4.78 is 25.7. The zero-order valence-corrected chi connectivity index (χ0v) is 32.3. The van der Waals surface area contributed by atoms with E-state index in [4.69, 9.17) is 19.3 Å². The highest BCUT2D eigenvalue weighted by Gasteiger charge is 2.22. The first-order valence-corrected chi connectivity index (χ1v) is 21.9. The van der Waals surface area contributed by atoms with E-state index in [0.29, 0.717) is 6.42 Å². The predicted octanol–water partition coefficient (Wildman–Crippen LogP) is 12.1. The maximum Gasteiger partial charge on any atom is 0.469 e. The molecule has 0 rings (SSSR count). The first kappa shape index (κ1) is 47.0. The molecule has 0 aliphatic heterocycles. The number of carbonyl (C=O) groups excluding carboxylic acids is 2. The minimum Gasteiger partial charge on any atom is -0.462 e. The fraction of sp³-hybridized carbons (Fsp3) is 0.949. The molecular formula is C39H77O8P. The van der Waals surface area contributed by atoms with Crippen molar-refractivity contribution in [2.75, 3.05) is 13.2 Å². The van der Waals surface area contributed by atoms with Crippen LogP contribution < -0.4 is 0 Å². The first-order valence-electron chi connectivity index (χ1n) is 20.3. The van der Waals surface area contributed by atoms with Crippen molar-refractivity contribution >= 4 is 19.8 Å². The number of phosphoric ester groups is 1. The maximum absolute atomic E-state index is 12.1. The second-order valence-electron chi connectivity index (χ2n) is 14.0. The van der Waals surface area contributed by atoms with Crippen molar-refractivity contribution in [3.8, 4) is 0 Å². The van der Waals surface area contributed by atoms with Crippen LogP contribution in [0.4, 0.5) is 0 Å². The standard InChI is InChI=1S/C39H77O8P/c1-3-5-6-7-8-9-10-11-12-13-14-15-16-17-18-19-20-21-22-23-24-25-26-27-28-29-30-31-32-34-38(40)45-35-37(36-46-48(42,43)44)47-39(41)33-4-2/h37H,3-36H2,1-2H3,(H2,42,43,44)/t37-/m1/s1. The second-order valence-corrected chi connectivity index (χ2v) is 15.2. The highest BCUT2D eigenvalue weighted by molar-refractivity contribution is 7.46. The second kappa shape index (κ2) is 35.9. The molecule has 0 spiro atoms. The van der Waals surface area contributed by atoms with E-state index in [1.807, 2.05) is 6.92 Å². The molecule has 8 nitrogen and oxygen atoms in total. The summed E-state index contributed by atoms with van der Waals surface area (Å²) in [5, 5.41) is 0. The zero-order valence-electron chi connectivity index (χ0n) is 31.4. The van der Waals surface area contributed by atoms with Crippen LogP contribution in [0.5, 0.6) is 0 Å². The van der Waals surface area contributed by atoms with E-state index < -0.39 is 32.5 Å². The van der Waals surface area contributed by atoms with Gasteiger partial charge in [0.25, 0.3) is 0 Å². The molecule has 1 atom stereocenters. The topological polar surface area (TPSA) is 119 Å². The van der Waals surface area contributed by atoms with Gasteiger partial charge in [-0.25, -0.2) is 4.57 Å². The smallest absolute Gasteiger partial charge is 0.462 e. The molecule has 0 saturated carbocycles. The summed E-state index contributed by atoms with van der Waals surface area (Å²) in [7, 11) is -4.71. The van der Waals surface area contributed by atoms with Crippen molar-refractivity contribution in [2.24, 2.45) is 0 Å². The van der Waals surface area contributed by atoms with Crippen LogP contribution in [0.25, 0.3) is 0 Å². The van der Waals surface area contributed by atoms with E-state index in [2.05, 4.69) is 11.4 Å². The Morgan fingerprint density at radius 1 is 0.458 bits per heavy atom. The molecule has 0 radical (unpaired) electrons. The highest BCUT2D eigenvalue weighted by Crippen LogP contribution is 2.36. The van der Waals surface area contributed by atoms with Crippen molar-refractivity contribution in [1.29, 1.82) is 0 Å². The third-order valence-electron chi connectivity index (χ3n) is 9.10. The fourth-order valence-electron chi connectivity index (χ4n) is 6.12. The van der Waals surface area contributed by atoms with E-state index in [0.717, 1.165) is 19.3 Å². The van der Waals surface area contributed by atoms with Gasteiger partial charge in [-0.2, -0.15) is 0 Å². The van der Waals surface area contributed by atoms with E-state index >= 15 is 0 Å². The van der Waals surface area contributed by atoms with Crippen LogP contribution in [0.15, 0.2) is 0 Å². The van der Waals surface area contributed by atoms with Crippen molar-refractivity contribution < 1.29 is 37.9 Å². The van der Waals surface area contributed by atoms with E-state index in [1.54, 1.807) is 0 Å². The van der Waals surface area contributed by atoms with Crippen molar-refractivity contribution in [3.63, 3.8) is 0 Å². The van der Waals surface area contributed by atoms with Crippen LogP contribution in [-0.4, -0.2) is 41.0 Å². The number of phosphoric acid groups is 1. The van der Waals surface area contributed by atoms with Crippen LogP contribution in [0.1, 0.15) is 219 Å². The molecule has 0 aromatic carbocycles. The Kier molecular flexibility index (Phi) is 35.2. The Morgan fingerprint density at radius 2 is 0.792 bits per heavy atom. The van der Waals surface area contributed by atoms with E-state index in [1.165, 1.54) is 167 Å². The first-order chi connectivity index (χ1) is 23.3. The van der Waals surface area contributed by atoms with Gasteiger partial charge in [0.15, 0.2) is 6.10 Å². The van der Waals surface area contributed by atoms with Gasteiger partial charge in [-0.15, -0.1) is 0 Å². The summed E-state index contributed by atoms with van der Waals surface area (Å²) in [6.45, 7) is 3.28. The molecule has 0 fully saturated rings. The monoisotopic (exact) mass is 705 g/mol. The summed E-state index contributed by atoms with van der Waals surface area (Å²) in [5.74, 6) is -0.934. The Labute approximate surface area is 295 Å². The van der Waals surface area contributed by atoms with Gasteiger partial charge >= 0.3 is 19.8 Å². The van der Waals surface area contributed by atoms with Crippen LogP contribution in [0.2, 0.25) is 0 Å². The summed E-state index contributed by atoms with van der Waals surface area (Å²) in [6.07, 6.45) is 39.1. The molecule has 0 aromatic heterocycles. The number of esters is 2. The molecule has 48 heavy (non-hydrogen) atoms. The van der Waals surface area contributed by atoms with Crippen LogP contribution in [0.3, 0.4) is 0 Å². The van der Waals surface area contributed by atoms with Crippen LogP contribution in [-0.2, 0) is 28.2 Å². The Morgan fingerprint density at radius 3 is 1.10 bits per heavy atom. The lowest BCUT2D eigenvalue weighted by Crippen LogP contribution is -2.29. The molecule has 0 aromatic rings. The molecule has 0 heterocycles. The van der Waals surface area contributed by atoms with E-state index in [-0.39, 0.29) is 19.4 Å². The van der Waals surface area contributed by atoms with Crippen molar-refractivity contribution in [3.05, 3.63) is 0 Å². The molecule has 0 bridgehead atoms. The van der Waals surface area contributed by atoms with E-state index in [9.17, 15) is 14.2 Å². The largest absolute Gasteiger partial charge is 0.469 e. The summed E-state index contributed by atoms with van der Waals surface area (Å²) in [5.41, 5.74) is 0. The molecule has 0 amide bonds. The summed E-state index contributed by atoms with van der Waals surface area (Å²) >= 11 is 0. The molecule has 0 aliphatic carbocycles. The van der Waals surface area contributed by atoms with Gasteiger partial charge in [-0.3, -0.25) is 14.1 Å². The number of hydrogen-bond donors (Lipinski definition) is 2. The normalized spacial score (nSPS) is 12.3. The fourth-order valence-corrected chi connectivity index (χ4v) is 6.48. The quantitative estimate of drug-likeness (QED) is 0.0370. The summed E-state index contributed by atoms with van der Waals surface area (Å²) in [4.78, 5) is 41.6. The Hall–Kier alpha value is -0.950. The van der Waals surface area contributed by atoms with Gasteiger partial charge in [0, 0.05) is 12.8 Å². The molecule has 0 unspecified atom stereocenters. The molecule has 2 N–H and O–H groups in total. The highest BCUT2D eigenvalue weighted by atomic mass is 31.2. The average Bonchev–Trinajstić information content (AvgIpc) is 3.05. The third-order valence-corrected chi connectivity index (χ3v) is 9.58. The van der Waals surface area contributed by atoms with Gasteiger partial charge in [0.05, 0.1) is 6.61 Å². The number of ether oxygens (including phenoxy) is 2. The maximum atomic E-state index is 12.1. The van der Waals surface area contributed by atoms with Gasteiger partial charge in [0.1, 0.15) is 6.61 Å². The van der Waals surface area contributed by atoms with Gasteiger partial charge in [0.2, 0.25) is 0 Å².